The Hall–Kier alpha value is -2.08. The van der Waals surface area contributed by atoms with Crippen molar-refractivity contribution < 1.29 is 13.9 Å². The van der Waals surface area contributed by atoms with Gasteiger partial charge in [0, 0.05) is 11.0 Å². The van der Waals surface area contributed by atoms with Crippen LogP contribution in [0, 0.1) is 5.82 Å². The van der Waals surface area contributed by atoms with Crippen LogP contribution in [0.2, 0.25) is 0 Å². The third-order valence-electron chi connectivity index (χ3n) is 3.10. The Bertz CT molecular complexity index is 706. The van der Waals surface area contributed by atoms with Crippen LogP contribution in [0.5, 0.6) is 5.75 Å². The van der Waals surface area contributed by atoms with E-state index in [-0.39, 0.29) is 11.7 Å². The predicted molar refractivity (Wildman–Crippen MR) is 82.5 cm³/mol. The summed E-state index contributed by atoms with van der Waals surface area (Å²) in [5.41, 5.74) is 1.74. The zero-order chi connectivity index (χ0) is 14.8. The van der Waals surface area contributed by atoms with Crippen molar-refractivity contribution in [2.24, 2.45) is 0 Å². The first-order valence-corrected chi connectivity index (χ1v) is 7.20. The Kier molecular flexibility index (Phi) is 3.79. The van der Waals surface area contributed by atoms with Crippen LogP contribution >= 0.6 is 15.9 Å². The molecule has 0 fully saturated rings. The first-order valence-electron chi connectivity index (χ1n) is 6.41. The summed E-state index contributed by atoms with van der Waals surface area (Å²) in [5.74, 6) is -0.133. The van der Waals surface area contributed by atoms with Crippen LogP contribution in [0.4, 0.5) is 15.8 Å². The van der Waals surface area contributed by atoms with E-state index in [0.29, 0.717) is 34.6 Å². The molecule has 0 saturated heterocycles. The van der Waals surface area contributed by atoms with Crippen LogP contribution in [0.3, 0.4) is 0 Å². The van der Waals surface area contributed by atoms with Crippen molar-refractivity contribution in [3.8, 4) is 5.75 Å². The highest BCUT2D eigenvalue weighted by Gasteiger charge is 2.19. The molecule has 1 aliphatic rings. The van der Waals surface area contributed by atoms with E-state index in [9.17, 15) is 9.18 Å². The van der Waals surface area contributed by atoms with E-state index in [1.54, 1.807) is 12.1 Å². The molecule has 0 saturated carbocycles. The molecule has 2 aromatic rings. The average Bonchev–Trinajstić information content (AvgIpc) is 2.49. The summed E-state index contributed by atoms with van der Waals surface area (Å²) in [7, 11) is 0. The average molecular weight is 351 g/mol. The molecule has 0 aliphatic carbocycles. The number of fused-ring (bicyclic) bond motifs is 1. The normalized spacial score (nSPS) is 12.9. The Morgan fingerprint density at radius 1 is 1.33 bits per heavy atom. The van der Waals surface area contributed by atoms with E-state index in [2.05, 4.69) is 26.6 Å². The number of benzene rings is 2. The number of hydrogen-bond acceptors (Lipinski definition) is 3. The summed E-state index contributed by atoms with van der Waals surface area (Å²) in [6.07, 6.45) is 0. The first-order chi connectivity index (χ1) is 10.1. The van der Waals surface area contributed by atoms with Crippen LogP contribution in [0.1, 0.15) is 10.4 Å². The Balaban J connectivity index is 1.89. The van der Waals surface area contributed by atoms with Crippen molar-refractivity contribution in [1.82, 2.24) is 0 Å². The predicted octanol–water partition coefficient (Wildman–Crippen LogP) is 3.64. The Morgan fingerprint density at radius 2 is 2.19 bits per heavy atom. The molecular weight excluding hydrogens is 339 g/mol. The highest BCUT2D eigenvalue weighted by Crippen LogP contribution is 2.32. The Labute approximate surface area is 129 Å². The van der Waals surface area contributed by atoms with Gasteiger partial charge in [-0.05, 0) is 46.3 Å². The van der Waals surface area contributed by atoms with Crippen molar-refractivity contribution in [3.63, 3.8) is 0 Å². The van der Waals surface area contributed by atoms with Crippen LogP contribution < -0.4 is 15.4 Å². The van der Waals surface area contributed by atoms with Gasteiger partial charge in [0.15, 0.2) is 5.75 Å². The van der Waals surface area contributed by atoms with Crippen molar-refractivity contribution >= 4 is 33.2 Å². The molecule has 0 bridgehead atoms. The van der Waals surface area contributed by atoms with E-state index < -0.39 is 0 Å². The number of para-hydroxylation sites is 1. The standard InChI is InChI=1S/C15H12BrFN2O2/c16-11-8-9(17)4-5-12(11)19-15(20)10-2-1-3-13-14(10)21-7-6-18-13/h1-5,8,18H,6-7H2,(H,19,20). The minimum absolute atomic E-state index is 0.303. The van der Waals surface area contributed by atoms with Gasteiger partial charge in [-0.15, -0.1) is 0 Å². The maximum Gasteiger partial charge on any atom is 0.259 e. The number of anilines is 2. The molecule has 2 N–H and O–H groups in total. The molecule has 0 spiro atoms. The topological polar surface area (TPSA) is 50.4 Å². The lowest BCUT2D eigenvalue weighted by Crippen LogP contribution is -2.22. The zero-order valence-electron chi connectivity index (χ0n) is 11.0. The van der Waals surface area contributed by atoms with Gasteiger partial charge in [0.05, 0.1) is 16.9 Å². The number of ether oxygens (including phenoxy) is 1. The zero-order valence-corrected chi connectivity index (χ0v) is 12.5. The molecule has 0 unspecified atom stereocenters. The molecule has 1 amide bonds. The van der Waals surface area contributed by atoms with Gasteiger partial charge in [0.2, 0.25) is 0 Å². The second kappa shape index (κ2) is 5.73. The number of hydrogen-bond donors (Lipinski definition) is 2. The molecule has 6 heteroatoms. The van der Waals surface area contributed by atoms with E-state index in [4.69, 9.17) is 4.74 Å². The van der Waals surface area contributed by atoms with E-state index in [1.807, 2.05) is 6.07 Å². The largest absolute Gasteiger partial charge is 0.489 e. The van der Waals surface area contributed by atoms with E-state index in [1.165, 1.54) is 18.2 Å². The molecule has 0 aromatic heterocycles. The molecular formula is C15H12BrFN2O2. The molecule has 0 atom stereocenters. The van der Waals surface area contributed by atoms with Gasteiger partial charge in [-0.25, -0.2) is 4.39 Å². The summed E-state index contributed by atoms with van der Waals surface area (Å²) in [4.78, 5) is 12.4. The Morgan fingerprint density at radius 3 is 3.00 bits per heavy atom. The summed E-state index contributed by atoms with van der Waals surface area (Å²) in [6.45, 7) is 1.22. The molecule has 1 aliphatic heterocycles. The maximum atomic E-state index is 13.1. The second-order valence-corrected chi connectivity index (χ2v) is 5.39. The molecule has 2 aromatic carbocycles. The van der Waals surface area contributed by atoms with Crippen LogP contribution in [-0.4, -0.2) is 19.1 Å². The van der Waals surface area contributed by atoms with Crippen molar-refractivity contribution in [3.05, 3.63) is 52.3 Å². The lowest BCUT2D eigenvalue weighted by atomic mass is 10.1. The SMILES string of the molecule is O=C(Nc1ccc(F)cc1Br)c1cccc2c1OCCN2. The van der Waals surface area contributed by atoms with Crippen molar-refractivity contribution in [2.45, 2.75) is 0 Å². The van der Waals surface area contributed by atoms with Crippen molar-refractivity contribution in [2.75, 3.05) is 23.8 Å². The number of rotatable bonds is 2. The quantitative estimate of drug-likeness (QED) is 0.869. The van der Waals surface area contributed by atoms with E-state index >= 15 is 0 Å². The number of halogens is 2. The van der Waals surface area contributed by atoms with Crippen LogP contribution in [0.15, 0.2) is 40.9 Å². The smallest absolute Gasteiger partial charge is 0.259 e. The molecule has 0 radical (unpaired) electrons. The number of carbonyl (C=O) groups excluding carboxylic acids is 1. The van der Waals surface area contributed by atoms with E-state index in [0.717, 1.165) is 5.69 Å². The summed E-state index contributed by atoms with van der Waals surface area (Å²) < 4.78 is 19.1. The fourth-order valence-corrected chi connectivity index (χ4v) is 2.58. The first kappa shape index (κ1) is 13.9. The van der Waals surface area contributed by atoms with Gasteiger partial charge < -0.3 is 15.4 Å². The third-order valence-corrected chi connectivity index (χ3v) is 3.76. The van der Waals surface area contributed by atoms with Crippen LogP contribution in [0.25, 0.3) is 0 Å². The maximum absolute atomic E-state index is 13.1. The minimum Gasteiger partial charge on any atom is -0.489 e. The number of carbonyl (C=O) groups is 1. The molecule has 21 heavy (non-hydrogen) atoms. The molecule has 108 valence electrons. The van der Waals surface area contributed by atoms with Gasteiger partial charge in [-0.2, -0.15) is 0 Å². The molecule has 3 rings (SSSR count). The minimum atomic E-state index is -0.371. The fraction of sp³-hybridized carbons (Fsp3) is 0.133. The number of amides is 1. The van der Waals surface area contributed by atoms with Gasteiger partial charge >= 0.3 is 0 Å². The summed E-state index contributed by atoms with van der Waals surface area (Å²) in [5, 5.41) is 5.92. The number of nitrogens with one attached hydrogen (secondary N) is 2. The van der Waals surface area contributed by atoms with Gasteiger partial charge in [0.1, 0.15) is 12.4 Å². The lowest BCUT2D eigenvalue weighted by molar-refractivity contribution is 0.102. The monoisotopic (exact) mass is 350 g/mol. The lowest BCUT2D eigenvalue weighted by Gasteiger charge is -2.21. The van der Waals surface area contributed by atoms with Gasteiger partial charge in [-0.1, -0.05) is 6.07 Å². The van der Waals surface area contributed by atoms with Gasteiger partial charge in [-0.3, -0.25) is 4.79 Å². The summed E-state index contributed by atoms with van der Waals surface area (Å²) in [6, 6.07) is 9.44. The van der Waals surface area contributed by atoms with Crippen molar-refractivity contribution in [1.29, 1.82) is 0 Å². The van der Waals surface area contributed by atoms with Gasteiger partial charge in [0.25, 0.3) is 5.91 Å². The third kappa shape index (κ3) is 2.85. The second-order valence-electron chi connectivity index (χ2n) is 4.54. The molecule has 4 nitrogen and oxygen atoms in total. The summed E-state index contributed by atoms with van der Waals surface area (Å²) >= 11 is 3.22. The fourth-order valence-electron chi connectivity index (χ4n) is 2.13. The molecule has 1 heterocycles. The van der Waals surface area contributed by atoms with Crippen LogP contribution in [-0.2, 0) is 0 Å². The highest BCUT2D eigenvalue weighted by molar-refractivity contribution is 9.10. The highest BCUT2D eigenvalue weighted by atomic mass is 79.9.